The predicted octanol–water partition coefficient (Wildman–Crippen LogP) is 3.77. The zero-order valence-electron chi connectivity index (χ0n) is 17.0. The molecule has 0 spiro atoms. The summed E-state index contributed by atoms with van der Waals surface area (Å²) in [4.78, 5) is 35.4. The smallest absolute Gasteiger partial charge is 0.258 e. The highest BCUT2D eigenvalue weighted by Gasteiger charge is 2.25. The van der Waals surface area contributed by atoms with Crippen molar-refractivity contribution in [3.63, 3.8) is 0 Å². The molecule has 0 bridgehead atoms. The standard InChI is InChI=1S/C22H21FN4O3/c1-12-13(2)25-21-16(9-14(23)10-17(21)24-12)22(29)26-15-6-7-18(19(11-15)30-3)27-8-4-5-20(27)28/h6-7,9-11H,4-5,8H2,1-3H3,(H,26,29). The van der Waals surface area contributed by atoms with E-state index in [9.17, 15) is 14.0 Å². The topological polar surface area (TPSA) is 84.4 Å². The lowest BCUT2D eigenvalue weighted by atomic mass is 10.1. The van der Waals surface area contributed by atoms with Crippen molar-refractivity contribution >= 4 is 34.2 Å². The summed E-state index contributed by atoms with van der Waals surface area (Å²) in [5.74, 6) is -0.561. The number of rotatable bonds is 4. The Kier molecular flexibility index (Phi) is 5.07. The van der Waals surface area contributed by atoms with Gasteiger partial charge in [0.05, 0.1) is 35.3 Å². The van der Waals surface area contributed by atoms with Crippen LogP contribution in [0.25, 0.3) is 11.0 Å². The van der Waals surface area contributed by atoms with Crippen LogP contribution in [-0.2, 0) is 4.79 Å². The number of nitrogens with one attached hydrogen (secondary N) is 1. The van der Waals surface area contributed by atoms with Gasteiger partial charge in [-0.25, -0.2) is 14.4 Å². The van der Waals surface area contributed by atoms with Crippen molar-refractivity contribution in [3.8, 4) is 5.75 Å². The molecule has 0 saturated carbocycles. The number of amides is 2. The summed E-state index contributed by atoms with van der Waals surface area (Å²) in [6, 6.07) is 7.46. The number of hydrogen-bond donors (Lipinski definition) is 1. The van der Waals surface area contributed by atoms with Crippen LogP contribution >= 0.6 is 0 Å². The number of fused-ring (bicyclic) bond motifs is 1. The minimum Gasteiger partial charge on any atom is -0.494 e. The molecule has 1 fully saturated rings. The predicted molar refractivity (Wildman–Crippen MR) is 112 cm³/mol. The van der Waals surface area contributed by atoms with Gasteiger partial charge in [-0.2, -0.15) is 0 Å². The minimum atomic E-state index is -0.564. The Morgan fingerprint density at radius 1 is 1.17 bits per heavy atom. The number of halogens is 1. The van der Waals surface area contributed by atoms with E-state index in [-0.39, 0.29) is 11.5 Å². The lowest BCUT2D eigenvalue weighted by Gasteiger charge is -2.19. The molecule has 1 saturated heterocycles. The van der Waals surface area contributed by atoms with Crippen LogP contribution in [0.5, 0.6) is 5.75 Å². The lowest BCUT2D eigenvalue weighted by molar-refractivity contribution is -0.117. The first-order valence-electron chi connectivity index (χ1n) is 9.61. The molecule has 0 aliphatic carbocycles. The number of methoxy groups -OCH3 is 1. The third-order valence-corrected chi connectivity index (χ3v) is 5.19. The zero-order chi connectivity index (χ0) is 21.4. The Labute approximate surface area is 172 Å². The molecule has 1 N–H and O–H groups in total. The zero-order valence-corrected chi connectivity index (χ0v) is 17.0. The average Bonchev–Trinajstić information content (AvgIpc) is 3.14. The number of hydrogen-bond acceptors (Lipinski definition) is 5. The number of nitrogens with zero attached hydrogens (tertiary/aromatic N) is 3. The molecular formula is C22H21FN4O3. The van der Waals surface area contributed by atoms with Crippen LogP contribution in [0, 0.1) is 19.7 Å². The summed E-state index contributed by atoms with van der Waals surface area (Å²) in [6.45, 7) is 4.20. The summed E-state index contributed by atoms with van der Waals surface area (Å²) in [5, 5.41) is 2.76. The van der Waals surface area contributed by atoms with Gasteiger partial charge in [-0.15, -0.1) is 0 Å². The van der Waals surface area contributed by atoms with Crippen molar-refractivity contribution in [2.75, 3.05) is 23.9 Å². The van der Waals surface area contributed by atoms with Crippen LogP contribution in [-0.4, -0.2) is 35.4 Å². The maximum atomic E-state index is 14.1. The molecule has 2 heterocycles. The molecule has 7 nitrogen and oxygen atoms in total. The fraction of sp³-hybridized carbons (Fsp3) is 0.273. The molecule has 8 heteroatoms. The van der Waals surface area contributed by atoms with E-state index in [4.69, 9.17) is 4.74 Å². The van der Waals surface area contributed by atoms with E-state index in [1.165, 1.54) is 13.2 Å². The molecule has 30 heavy (non-hydrogen) atoms. The summed E-state index contributed by atoms with van der Waals surface area (Å²) in [7, 11) is 1.51. The van der Waals surface area contributed by atoms with Crippen LogP contribution in [0.3, 0.4) is 0 Å². The normalized spacial score (nSPS) is 13.7. The molecule has 154 valence electrons. The van der Waals surface area contributed by atoms with Crippen LogP contribution in [0.15, 0.2) is 30.3 Å². The Balaban J connectivity index is 1.67. The number of aromatic nitrogens is 2. The fourth-order valence-corrected chi connectivity index (χ4v) is 3.55. The molecule has 0 atom stereocenters. The highest BCUT2D eigenvalue weighted by atomic mass is 19.1. The number of carbonyl (C=O) groups excluding carboxylic acids is 2. The summed E-state index contributed by atoms with van der Waals surface area (Å²) < 4.78 is 19.5. The van der Waals surface area contributed by atoms with Crippen LogP contribution in [0.4, 0.5) is 15.8 Å². The second kappa shape index (κ2) is 7.70. The Hall–Kier alpha value is -3.55. The first-order valence-corrected chi connectivity index (χ1v) is 9.61. The number of ether oxygens (including phenoxy) is 1. The van der Waals surface area contributed by atoms with E-state index < -0.39 is 11.7 Å². The van der Waals surface area contributed by atoms with Crippen molar-refractivity contribution in [1.82, 2.24) is 9.97 Å². The molecule has 2 amide bonds. The molecule has 1 aliphatic heterocycles. The molecule has 0 unspecified atom stereocenters. The van der Waals surface area contributed by atoms with Crippen LogP contribution in [0.2, 0.25) is 0 Å². The van der Waals surface area contributed by atoms with Gasteiger partial charge < -0.3 is 15.0 Å². The van der Waals surface area contributed by atoms with E-state index in [0.29, 0.717) is 52.5 Å². The maximum Gasteiger partial charge on any atom is 0.258 e. The summed E-state index contributed by atoms with van der Waals surface area (Å²) in [5.41, 5.74) is 3.22. The van der Waals surface area contributed by atoms with Crippen molar-refractivity contribution in [3.05, 3.63) is 53.1 Å². The fourth-order valence-electron chi connectivity index (χ4n) is 3.55. The third-order valence-electron chi connectivity index (χ3n) is 5.19. The summed E-state index contributed by atoms with van der Waals surface area (Å²) >= 11 is 0. The molecule has 4 rings (SSSR count). The van der Waals surface area contributed by atoms with E-state index >= 15 is 0 Å². The first kappa shape index (κ1) is 19.8. The highest BCUT2D eigenvalue weighted by molar-refractivity contribution is 6.11. The van der Waals surface area contributed by atoms with Gasteiger partial charge >= 0.3 is 0 Å². The van der Waals surface area contributed by atoms with Gasteiger partial charge in [-0.05, 0) is 38.5 Å². The van der Waals surface area contributed by atoms with Gasteiger partial charge in [-0.1, -0.05) is 0 Å². The first-order chi connectivity index (χ1) is 14.4. The minimum absolute atomic E-state index is 0.0422. The molecule has 1 aromatic heterocycles. The summed E-state index contributed by atoms with van der Waals surface area (Å²) in [6.07, 6.45) is 1.31. The number of anilines is 2. The van der Waals surface area contributed by atoms with Gasteiger partial charge in [-0.3, -0.25) is 9.59 Å². The van der Waals surface area contributed by atoms with Crippen molar-refractivity contribution < 1.29 is 18.7 Å². The number of aryl methyl sites for hydroxylation is 2. The second-order valence-electron chi connectivity index (χ2n) is 7.21. The maximum absolute atomic E-state index is 14.1. The number of carbonyl (C=O) groups is 2. The van der Waals surface area contributed by atoms with Gasteiger partial charge in [0.2, 0.25) is 5.91 Å². The van der Waals surface area contributed by atoms with E-state index in [0.717, 1.165) is 12.5 Å². The monoisotopic (exact) mass is 408 g/mol. The highest BCUT2D eigenvalue weighted by Crippen LogP contribution is 2.34. The van der Waals surface area contributed by atoms with Crippen molar-refractivity contribution in [2.24, 2.45) is 0 Å². The Morgan fingerprint density at radius 2 is 1.93 bits per heavy atom. The SMILES string of the molecule is COc1cc(NC(=O)c2cc(F)cc3nc(C)c(C)nc23)ccc1N1CCCC1=O. The number of benzene rings is 2. The molecular weight excluding hydrogens is 387 g/mol. The van der Waals surface area contributed by atoms with Gasteiger partial charge in [0.25, 0.3) is 5.91 Å². The van der Waals surface area contributed by atoms with Crippen molar-refractivity contribution in [1.29, 1.82) is 0 Å². The quantitative estimate of drug-likeness (QED) is 0.710. The Bertz CT molecular complexity index is 1180. The molecule has 3 aromatic rings. The lowest BCUT2D eigenvalue weighted by Crippen LogP contribution is -2.24. The van der Waals surface area contributed by atoms with E-state index in [2.05, 4.69) is 15.3 Å². The largest absolute Gasteiger partial charge is 0.494 e. The molecule has 1 aliphatic rings. The van der Waals surface area contributed by atoms with Gasteiger partial charge in [0.15, 0.2) is 0 Å². The Morgan fingerprint density at radius 3 is 2.63 bits per heavy atom. The third kappa shape index (κ3) is 3.56. The van der Waals surface area contributed by atoms with E-state index in [1.54, 1.807) is 36.9 Å². The van der Waals surface area contributed by atoms with Gasteiger partial charge in [0, 0.05) is 30.8 Å². The van der Waals surface area contributed by atoms with Crippen LogP contribution < -0.4 is 15.0 Å². The van der Waals surface area contributed by atoms with E-state index in [1.807, 2.05) is 0 Å². The van der Waals surface area contributed by atoms with Crippen LogP contribution in [0.1, 0.15) is 34.6 Å². The molecule has 0 radical (unpaired) electrons. The molecule has 2 aromatic carbocycles. The van der Waals surface area contributed by atoms with Gasteiger partial charge in [0.1, 0.15) is 17.1 Å². The average molecular weight is 408 g/mol. The second-order valence-corrected chi connectivity index (χ2v) is 7.21. The van der Waals surface area contributed by atoms with Crippen molar-refractivity contribution in [2.45, 2.75) is 26.7 Å².